The molecule has 0 aliphatic heterocycles. The molecule has 39 heavy (non-hydrogen) atoms. The van der Waals surface area contributed by atoms with E-state index in [1.54, 1.807) is 31.2 Å². The summed E-state index contributed by atoms with van der Waals surface area (Å²) in [6, 6.07) is 12.7. The van der Waals surface area contributed by atoms with Crippen molar-refractivity contribution in [1.29, 1.82) is 5.26 Å². The van der Waals surface area contributed by atoms with Crippen LogP contribution < -0.4 is 15.4 Å². The maximum Gasteiger partial charge on any atom is 0.264 e. The van der Waals surface area contributed by atoms with E-state index in [0.29, 0.717) is 29.9 Å². The average molecular weight is 603 g/mol. The van der Waals surface area contributed by atoms with Crippen molar-refractivity contribution in [1.82, 2.24) is 10.2 Å². The number of halogens is 4. The first-order valence-corrected chi connectivity index (χ1v) is 12.6. The highest BCUT2D eigenvalue weighted by Crippen LogP contribution is 2.36. The van der Waals surface area contributed by atoms with Gasteiger partial charge < -0.3 is 20.3 Å². The van der Waals surface area contributed by atoms with Gasteiger partial charge in [0.2, 0.25) is 5.91 Å². The normalized spacial score (nSPS) is 10.9. The maximum absolute atomic E-state index is 15.3. The molecule has 0 fully saturated rings. The number of amides is 2. The van der Waals surface area contributed by atoms with Crippen molar-refractivity contribution in [2.45, 2.75) is 19.8 Å². The lowest BCUT2D eigenvalue weighted by atomic mass is 10.1. The van der Waals surface area contributed by atoms with E-state index < -0.39 is 23.7 Å². The van der Waals surface area contributed by atoms with Gasteiger partial charge in [0.25, 0.3) is 12.3 Å². The smallest absolute Gasteiger partial charge is 0.264 e. The van der Waals surface area contributed by atoms with Gasteiger partial charge in [-0.15, -0.1) is 0 Å². The lowest BCUT2D eigenvalue weighted by molar-refractivity contribution is -0.115. The Morgan fingerprint density at radius 1 is 1.13 bits per heavy atom. The van der Waals surface area contributed by atoms with Crippen LogP contribution in [0.25, 0.3) is 0 Å². The number of hydrogen-bond acceptors (Lipinski definition) is 5. The molecule has 0 radical (unpaired) electrons. The fourth-order valence-corrected chi connectivity index (χ4v) is 3.99. The van der Waals surface area contributed by atoms with Crippen LogP contribution in [0, 0.1) is 24.1 Å². The topological polar surface area (TPSA) is 94.5 Å². The van der Waals surface area contributed by atoms with Crippen LogP contribution in [0.5, 0.6) is 11.5 Å². The summed E-state index contributed by atoms with van der Waals surface area (Å²) in [5.74, 6) is -2.06. The number of likely N-dealkylation sites (N-methyl/N-ethyl adjacent to an activating group) is 1. The molecular weight excluding hydrogens is 577 g/mol. The number of aryl methyl sites for hydroxylation is 1. The molecule has 0 bridgehead atoms. The number of benzene rings is 3. The molecular formula is C28H26BrF3N4O3. The molecule has 0 saturated heterocycles. The first-order chi connectivity index (χ1) is 18.5. The van der Waals surface area contributed by atoms with Gasteiger partial charge in [0.1, 0.15) is 5.75 Å². The predicted octanol–water partition coefficient (Wildman–Crippen LogP) is 5.97. The number of nitrogens with zero attached hydrogens (tertiary/aromatic N) is 2. The average Bonchev–Trinajstić information content (AvgIpc) is 2.88. The zero-order valence-corrected chi connectivity index (χ0v) is 23.0. The molecule has 3 aromatic carbocycles. The second kappa shape index (κ2) is 13.3. The summed E-state index contributed by atoms with van der Waals surface area (Å²) in [5, 5.41) is 14.7. The Hall–Kier alpha value is -3.88. The summed E-state index contributed by atoms with van der Waals surface area (Å²) < 4.78 is 47.5. The van der Waals surface area contributed by atoms with Crippen molar-refractivity contribution in [3.8, 4) is 17.6 Å². The van der Waals surface area contributed by atoms with Gasteiger partial charge in [-0.1, -0.05) is 6.07 Å². The van der Waals surface area contributed by atoms with Crippen LogP contribution in [0.2, 0.25) is 0 Å². The number of carbonyl (C=O) groups is 2. The van der Waals surface area contributed by atoms with Crippen LogP contribution in [0.15, 0.2) is 53.0 Å². The molecule has 0 aromatic heterocycles. The van der Waals surface area contributed by atoms with Crippen LogP contribution in [0.4, 0.5) is 18.9 Å². The summed E-state index contributed by atoms with van der Waals surface area (Å²) >= 11 is 3.18. The Morgan fingerprint density at radius 3 is 2.51 bits per heavy atom. The third-order valence-electron chi connectivity index (χ3n) is 5.62. The monoisotopic (exact) mass is 602 g/mol. The third kappa shape index (κ3) is 8.05. The molecule has 0 atom stereocenters. The number of alkyl halides is 2. The van der Waals surface area contributed by atoms with Crippen LogP contribution >= 0.6 is 15.9 Å². The molecule has 204 valence electrons. The summed E-state index contributed by atoms with van der Waals surface area (Å²) in [5.41, 5.74) is 1.06. The van der Waals surface area contributed by atoms with Crippen molar-refractivity contribution in [3.05, 3.63) is 86.6 Å². The molecule has 0 aliphatic carbocycles. The second-order valence-electron chi connectivity index (χ2n) is 8.97. The van der Waals surface area contributed by atoms with E-state index in [4.69, 9.17) is 10.00 Å². The molecule has 0 unspecified atom stereocenters. The Morgan fingerprint density at radius 2 is 1.87 bits per heavy atom. The first kappa shape index (κ1) is 29.7. The molecule has 3 rings (SSSR count). The Balaban J connectivity index is 1.73. The van der Waals surface area contributed by atoms with Crippen molar-refractivity contribution in [2.24, 2.45) is 0 Å². The number of rotatable bonds is 10. The second-order valence-corrected chi connectivity index (χ2v) is 9.82. The summed E-state index contributed by atoms with van der Waals surface area (Å²) in [6.45, 7) is 2.92. The molecule has 2 amide bonds. The zero-order chi connectivity index (χ0) is 28.7. The zero-order valence-electron chi connectivity index (χ0n) is 21.4. The number of nitrogens with one attached hydrogen (secondary N) is 2. The quantitative estimate of drug-likeness (QED) is 0.298. The number of carbonyl (C=O) groups excluding carboxylic acids is 2. The van der Waals surface area contributed by atoms with E-state index in [-0.39, 0.29) is 39.4 Å². The van der Waals surface area contributed by atoms with E-state index in [9.17, 15) is 18.4 Å². The van der Waals surface area contributed by atoms with E-state index in [1.165, 1.54) is 18.2 Å². The number of anilines is 1. The Labute approximate surface area is 232 Å². The lowest BCUT2D eigenvalue weighted by Gasteiger charge is -2.14. The van der Waals surface area contributed by atoms with Gasteiger partial charge in [-0.05, 0) is 85.0 Å². The van der Waals surface area contributed by atoms with Gasteiger partial charge in [0.15, 0.2) is 11.6 Å². The molecule has 0 spiro atoms. The summed E-state index contributed by atoms with van der Waals surface area (Å²) in [4.78, 5) is 27.0. The van der Waals surface area contributed by atoms with Gasteiger partial charge in [-0.3, -0.25) is 9.59 Å². The SMILES string of the molecule is Cc1cc(C(=O)NCCN(C)C)ccc1NC(=O)Cc1ccc(Br)c(Oc2cc(C#N)cc(C(F)F)c2)c1F. The minimum Gasteiger partial charge on any atom is -0.453 e. The minimum atomic E-state index is -2.85. The Bertz CT molecular complexity index is 1420. The van der Waals surface area contributed by atoms with E-state index in [2.05, 4.69) is 26.6 Å². The van der Waals surface area contributed by atoms with Gasteiger partial charge in [0, 0.05) is 35.5 Å². The van der Waals surface area contributed by atoms with Crippen LogP contribution in [0.3, 0.4) is 0 Å². The van der Waals surface area contributed by atoms with Gasteiger partial charge in [-0.25, -0.2) is 13.2 Å². The fourth-order valence-electron chi connectivity index (χ4n) is 3.60. The predicted molar refractivity (Wildman–Crippen MR) is 145 cm³/mol. The summed E-state index contributed by atoms with van der Waals surface area (Å²) in [7, 11) is 3.81. The fraction of sp³-hybridized carbons (Fsp3) is 0.250. The van der Waals surface area contributed by atoms with Gasteiger partial charge in [-0.2, -0.15) is 5.26 Å². The van der Waals surface area contributed by atoms with E-state index in [0.717, 1.165) is 12.1 Å². The molecule has 11 heteroatoms. The molecule has 7 nitrogen and oxygen atoms in total. The molecule has 3 aromatic rings. The van der Waals surface area contributed by atoms with Crippen LogP contribution in [-0.4, -0.2) is 43.9 Å². The number of ether oxygens (including phenoxy) is 1. The standard InChI is InChI=1S/C28H26BrF3N4O3/c1-16-10-19(28(38)34-8-9-36(2)3)5-7-23(16)35-24(37)14-18-4-6-22(29)26(25(18)30)39-21-12-17(15-33)11-20(13-21)27(31)32/h4-7,10-13,27H,8-9,14H2,1-3H3,(H,34,38)(H,35,37). The lowest BCUT2D eigenvalue weighted by Crippen LogP contribution is -2.31. The highest BCUT2D eigenvalue weighted by atomic mass is 79.9. The van der Waals surface area contributed by atoms with Crippen LogP contribution in [-0.2, 0) is 11.2 Å². The minimum absolute atomic E-state index is 0.00534. The summed E-state index contributed by atoms with van der Waals surface area (Å²) in [6.07, 6.45) is -3.19. The van der Waals surface area contributed by atoms with Gasteiger partial charge >= 0.3 is 0 Å². The van der Waals surface area contributed by atoms with Crippen LogP contribution in [0.1, 0.15) is 39.0 Å². The first-order valence-electron chi connectivity index (χ1n) is 11.8. The molecule has 0 aliphatic rings. The van der Waals surface area contributed by atoms with E-state index >= 15 is 4.39 Å². The molecule has 0 saturated carbocycles. The molecule has 0 heterocycles. The van der Waals surface area contributed by atoms with Crippen molar-refractivity contribution in [3.63, 3.8) is 0 Å². The van der Waals surface area contributed by atoms with E-state index in [1.807, 2.05) is 19.0 Å². The maximum atomic E-state index is 15.3. The molecule has 2 N–H and O–H groups in total. The van der Waals surface area contributed by atoms with Crippen molar-refractivity contribution in [2.75, 3.05) is 32.5 Å². The largest absolute Gasteiger partial charge is 0.453 e. The highest BCUT2D eigenvalue weighted by Gasteiger charge is 2.19. The van der Waals surface area contributed by atoms with Crippen molar-refractivity contribution >= 4 is 33.4 Å². The Kier molecular flexibility index (Phi) is 10.1. The number of hydrogen-bond donors (Lipinski definition) is 2. The van der Waals surface area contributed by atoms with Crippen molar-refractivity contribution < 1.29 is 27.5 Å². The number of nitriles is 1. The highest BCUT2D eigenvalue weighted by molar-refractivity contribution is 9.10. The third-order valence-corrected chi connectivity index (χ3v) is 6.24. The van der Waals surface area contributed by atoms with Gasteiger partial charge in [0.05, 0.1) is 22.5 Å².